The normalized spacial score (nSPS) is 11.5. The van der Waals surface area contributed by atoms with Crippen LogP contribution in [0.2, 0.25) is 0 Å². The van der Waals surface area contributed by atoms with Gasteiger partial charge < -0.3 is 15.5 Å². The molecule has 0 fully saturated rings. The molecule has 7 heteroatoms. The van der Waals surface area contributed by atoms with Crippen molar-refractivity contribution in [3.63, 3.8) is 0 Å². The van der Waals surface area contributed by atoms with Crippen molar-refractivity contribution < 1.29 is 14.4 Å². The Labute approximate surface area is 157 Å². The molecule has 1 atom stereocenters. The van der Waals surface area contributed by atoms with E-state index in [1.165, 1.54) is 23.2 Å². The summed E-state index contributed by atoms with van der Waals surface area (Å²) >= 11 is 1.48. The Balaban J connectivity index is 1.91. The molecule has 1 unspecified atom stereocenters. The van der Waals surface area contributed by atoms with Crippen LogP contribution in [0.4, 0.5) is 5.69 Å². The van der Waals surface area contributed by atoms with Gasteiger partial charge in [-0.05, 0) is 30.5 Å². The van der Waals surface area contributed by atoms with E-state index in [-0.39, 0.29) is 36.7 Å². The minimum Gasteiger partial charge on any atom is -0.348 e. The lowest BCUT2D eigenvalue weighted by Gasteiger charge is -2.21. The van der Waals surface area contributed by atoms with Crippen LogP contribution in [0, 0.1) is 6.92 Å². The average molecular weight is 373 g/mol. The van der Waals surface area contributed by atoms with E-state index in [0.29, 0.717) is 5.69 Å². The molecular formula is C19H23N3O3S. The lowest BCUT2D eigenvalue weighted by atomic mass is 10.1. The minimum atomic E-state index is -0.386. The number of nitrogens with one attached hydrogen (secondary N) is 2. The number of nitrogens with zero attached hydrogens (tertiary/aromatic N) is 1. The highest BCUT2D eigenvalue weighted by atomic mass is 32.1. The predicted molar refractivity (Wildman–Crippen MR) is 103 cm³/mol. The minimum absolute atomic E-state index is 0.0516. The van der Waals surface area contributed by atoms with Crippen molar-refractivity contribution in [2.75, 3.05) is 18.9 Å². The number of rotatable bonds is 7. The van der Waals surface area contributed by atoms with Crippen LogP contribution in [-0.4, -0.2) is 36.2 Å². The molecule has 0 saturated carbocycles. The molecule has 6 nitrogen and oxygen atoms in total. The largest absolute Gasteiger partial charge is 0.348 e. The SMILES string of the molecule is CC(=O)NC(CC(=O)N(C)CC(=O)Nc1ccc(C)cc1)c1cccs1. The van der Waals surface area contributed by atoms with Crippen LogP contribution in [0.1, 0.15) is 29.8 Å². The summed E-state index contributed by atoms with van der Waals surface area (Å²) in [5.74, 6) is -0.677. The molecule has 0 aliphatic carbocycles. The van der Waals surface area contributed by atoms with Gasteiger partial charge >= 0.3 is 0 Å². The maximum atomic E-state index is 12.5. The Kier molecular flexibility index (Phi) is 6.91. The second-order valence-electron chi connectivity index (χ2n) is 6.14. The number of benzene rings is 1. The molecule has 26 heavy (non-hydrogen) atoms. The highest BCUT2D eigenvalue weighted by Crippen LogP contribution is 2.22. The first-order valence-corrected chi connectivity index (χ1v) is 9.14. The molecule has 138 valence electrons. The van der Waals surface area contributed by atoms with Gasteiger partial charge in [-0.3, -0.25) is 14.4 Å². The molecule has 0 saturated heterocycles. The molecule has 2 aromatic rings. The second-order valence-corrected chi connectivity index (χ2v) is 7.12. The summed E-state index contributed by atoms with van der Waals surface area (Å²) < 4.78 is 0. The Morgan fingerprint density at radius 3 is 2.42 bits per heavy atom. The number of carbonyl (C=O) groups excluding carboxylic acids is 3. The molecule has 2 N–H and O–H groups in total. The van der Waals surface area contributed by atoms with Crippen LogP contribution in [0.5, 0.6) is 0 Å². The van der Waals surface area contributed by atoms with Gasteiger partial charge in [-0.2, -0.15) is 0 Å². The van der Waals surface area contributed by atoms with E-state index in [9.17, 15) is 14.4 Å². The molecule has 1 heterocycles. The fourth-order valence-corrected chi connectivity index (χ4v) is 3.21. The zero-order valence-electron chi connectivity index (χ0n) is 15.1. The Morgan fingerprint density at radius 2 is 1.85 bits per heavy atom. The van der Waals surface area contributed by atoms with Crippen LogP contribution in [-0.2, 0) is 14.4 Å². The fraction of sp³-hybridized carbons (Fsp3) is 0.316. The van der Waals surface area contributed by atoms with E-state index < -0.39 is 0 Å². The van der Waals surface area contributed by atoms with E-state index in [4.69, 9.17) is 0 Å². The Hall–Kier alpha value is -2.67. The molecule has 0 aliphatic heterocycles. The Bertz CT molecular complexity index is 757. The van der Waals surface area contributed by atoms with Crippen molar-refractivity contribution in [2.24, 2.45) is 0 Å². The fourth-order valence-electron chi connectivity index (χ4n) is 2.43. The quantitative estimate of drug-likeness (QED) is 0.783. The third kappa shape index (κ3) is 6.00. The van der Waals surface area contributed by atoms with Crippen LogP contribution in [0.3, 0.4) is 0 Å². The summed E-state index contributed by atoms with van der Waals surface area (Å²) in [6, 6.07) is 10.8. The maximum Gasteiger partial charge on any atom is 0.243 e. The first-order chi connectivity index (χ1) is 12.3. The highest BCUT2D eigenvalue weighted by molar-refractivity contribution is 7.10. The van der Waals surface area contributed by atoms with E-state index >= 15 is 0 Å². The molecule has 0 radical (unpaired) electrons. The Morgan fingerprint density at radius 1 is 1.15 bits per heavy atom. The summed E-state index contributed by atoms with van der Waals surface area (Å²) in [5, 5.41) is 7.45. The number of likely N-dealkylation sites (N-methyl/N-ethyl adjacent to an activating group) is 1. The van der Waals surface area contributed by atoms with Gasteiger partial charge in [0.15, 0.2) is 0 Å². The second kappa shape index (κ2) is 9.15. The van der Waals surface area contributed by atoms with Gasteiger partial charge in [0, 0.05) is 24.5 Å². The van der Waals surface area contributed by atoms with Crippen LogP contribution < -0.4 is 10.6 Å². The third-order valence-corrected chi connectivity index (χ3v) is 4.77. The summed E-state index contributed by atoms with van der Waals surface area (Å²) in [4.78, 5) is 38.3. The number of hydrogen-bond acceptors (Lipinski definition) is 4. The number of aryl methyl sites for hydroxylation is 1. The number of carbonyl (C=O) groups is 3. The van der Waals surface area contributed by atoms with Crippen molar-refractivity contribution in [1.29, 1.82) is 0 Å². The molecule has 3 amide bonds. The van der Waals surface area contributed by atoms with Gasteiger partial charge in [0.2, 0.25) is 17.7 Å². The van der Waals surface area contributed by atoms with E-state index in [1.807, 2.05) is 48.7 Å². The van der Waals surface area contributed by atoms with Crippen LogP contribution >= 0.6 is 11.3 Å². The predicted octanol–water partition coefficient (Wildman–Crippen LogP) is 2.72. The van der Waals surface area contributed by atoms with E-state index in [0.717, 1.165) is 10.4 Å². The number of amides is 3. The molecule has 1 aromatic carbocycles. The van der Waals surface area contributed by atoms with Gasteiger partial charge in [-0.1, -0.05) is 23.8 Å². The number of hydrogen-bond donors (Lipinski definition) is 2. The van der Waals surface area contributed by atoms with Crippen LogP contribution in [0.15, 0.2) is 41.8 Å². The molecule has 2 rings (SSSR count). The standard InChI is InChI=1S/C19H23N3O3S/c1-13-6-8-15(9-7-13)21-18(24)12-22(3)19(25)11-16(20-14(2)23)17-5-4-10-26-17/h4-10,16H,11-12H2,1-3H3,(H,20,23)(H,21,24). The van der Waals surface area contributed by atoms with Gasteiger partial charge in [0.05, 0.1) is 19.0 Å². The van der Waals surface area contributed by atoms with Crippen molar-refractivity contribution >= 4 is 34.7 Å². The van der Waals surface area contributed by atoms with Crippen molar-refractivity contribution in [1.82, 2.24) is 10.2 Å². The number of thiophene rings is 1. The number of anilines is 1. The smallest absolute Gasteiger partial charge is 0.243 e. The average Bonchev–Trinajstić information content (AvgIpc) is 3.10. The lowest BCUT2D eigenvalue weighted by Crippen LogP contribution is -2.37. The molecule has 0 bridgehead atoms. The van der Waals surface area contributed by atoms with E-state index in [1.54, 1.807) is 7.05 Å². The van der Waals surface area contributed by atoms with Crippen molar-refractivity contribution in [3.05, 3.63) is 52.2 Å². The monoisotopic (exact) mass is 373 g/mol. The van der Waals surface area contributed by atoms with Gasteiger partial charge in [-0.25, -0.2) is 0 Å². The topological polar surface area (TPSA) is 78.5 Å². The zero-order chi connectivity index (χ0) is 19.1. The van der Waals surface area contributed by atoms with Gasteiger partial charge in [0.1, 0.15) is 0 Å². The van der Waals surface area contributed by atoms with Gasteiger partial charge in [0.25, 0.3) is 0 Å². The first kappa shape index (κ1) is 19.7. The molecule has 0 spiro atoms. The molecular weight excluding hydrogens is 350 g/mol. The van der Waals surface area contributed by atoms with E-state index in [2.05, 4.69) is 10.6 Å². The summed E-state index contributed by atoms with van der Waals surface area (Å²) in [7, 11) is 1.58. The van der Waals surface area contributed by atoms with Crippen molar-refractivity contribution in [2.45, 2.75) is 26.3 Å². The zero-order valence-corrected chi connectivity index (χ0v) is 15.9. The highest BCUT2D eigenvalue weighted by Gasteiger charge is 2.21. The summed E-state index contributed by atoms with van der Waals surface area (Å²) in [5.41, 5.74) is 1.80. The van der Waals surface area contributed by atoms with Crippen LogP contribution in [0.25, 0.3) is 0 Å². The summed E-state index contributed by atoms with van der Waals surface area (Å²) in [6.07, 6.45) is 0.106. The first-order valence-electron chi connectivity index (χ1n) is 8.26. The third-order valence-electron chi connectivity index (χ3n) is 3.78. The maximum absolute atomic E-state index is 12.5. The van der Waals surface area contributed by atoms with Gasteiger partial charge in [-0.15, -0.1) is 11.3 Å². The lowest BCUT2D eigenvalue weighted by molar-refractivity contribution is -0.134. The molecule has 0 aliphatic rings. The molecule has 1 aromatic heterocycles. The van der Waals surface area contributed by atoms with Crippen molar-refractivity contribution in [3.8, 4) is 0 Å². The summed E-state index contributed by atoms with van der Waals surface area (Å²) in [6.45, 7) is 3.34.